The van der Waals surface area contributed by atoms with E-state index in [9.17, 15) is 18.0 Å². The first-order chi connectivity index (χ1) is 14.4. The van der Waals surface area contributed by atoms with Crippen LogP contribution in [0.25, 0.3) is 0 Å². The summed E-state index contributed by atoms with van der Waals surface area (Å²) in [4.78, 5) is 27.6. The highest BCUT2D eigenvalue weighted by molar-refractivity contribution is 7.89. The molecule has 0 spiro atoms. The van der Waals surface area contributed by atoms with Crippen LogP contribution in [0, 0.1) is 0 Å². The van der Waals surface area contributed by atoms with Crippen molar-refractivity contribution >= 4 is 33.2 Å². The standard InChI is InChI=1S/C20H26N4O4S2/c1-23-11-13-24(14-12-23)30(27,28)18-9-7-16(8-10-18)20(26)22-21-19(25)6-2-4-17-5-3-15-29-17/h3,5,7-10,15H,2,4,6,11-14H2,1H3,(H,21,25)(H,22,26). The van der Waals surface area contributed by atoms with Crippen molar-refractivity contribution in [1.29, 1.82) is 0 Å². The number of sulfonamides is 1. The van der Waals surface area contributed by atoms with Crippen molar-refractivity contribution in [2.45, 2.75) is 24.2 Å². The number of likely N-dealkylation sites (N-methyl/N-ethyl adjacent to an activating group) is 1. The number of nitrogens with one attached hydrogen (secondary N) is 2. The van der Waals surface area contributed by atoms with Crippen molar-refractivity contribution in [3.05, 3.63) is 52.2 Å². The van der Waals surface area contributed by atoms with Crippen molar-refractivity contribution in [3.8, 4) is 0 Å². The Morgan fingerprint density at radius 3 is 2.37 bits per heavy atom. The molecule has 2 aromatic rings. The average Bonchev–Trinajstić information content (AvgIpc) is 3.26. The van der Waals surface area contributed by atoms with Gasteiger partial charge >= 0.3 is 0 Å². The molecule has 2 N–H and O–H groups in total. The van der Waals surface area contributed by atoms with E-state index < -0.39 is 15.9 Å². The number of hydrogen-bond donors (Lipinski definition) is 2. The van der Waals surface area contributed by atoms with Gasteiger partial charge in [0.25, 0.3) is 5.91 Å². The molecule has 1 aromatic heterocycles. The van der Waals surface area contributed by atoms with Gasteiger partial charge in [0.1, 0.15) is 0 Å². The first-order valence-corrected chi connectivity index (χ1v) is 12.1. The highest BCUT2D eigenvalue weighted by Gasteiger charge is 2.27. The Kier molecular flexibility index (Phi) is 7.59. The lowest BCUT2D eigenvalue weighted by Gasteiger charge is -2.31. The molecule has 1 aliphatic rings. The van der Waals surface area contributed by atoms with Gasteiger partial charge in [-0.05, 0) is 55.6 Å². The van der Waals surface area contributed by atoms with Crippen LogP contribution in [-0.4, -0.2) is 62.7 Å². The monoisotopic (exact) mass is 450 g/mol. The number of hydrogen-bond acceptors (Lipinski definition) is 6. The number of carbonyl (C=O) groups is 2. The van der Waals surface area contributed by atoms with E-state index in [4.69, 9.17) is 0 Å². The summed E-state index contributed by atoms with van der Waals surface area (Å²) in [6.07, 6.45) is 1.82. The van der Waals surface area contributed by atoms with Gasteiger partial charge in [0, 0.05) is 43.0 Å². The maximum absolute atomic E-state index is 12.7. The van der Waals surface area contributed by atoms with Gasteiger partial charge in [-0.2, -0.15) is 4.31 Å². The Morgan fingerprint density at radius 2 is 1.73 bits per heavy atom. The summed E-state index contributed by atoms with van der Waals surface area (Å²) in [5.74, 6) is -0.765. The van der Waals surface area contributed by atoms with E-state index in [1.807, 2.05) is 24.6 Å². The van der Waals surface area contributed by atoms with Crippen molar-refractivity contribution in [2.24, 2.45) is 0 Å². The third-order valence-corrected chi connectivity index (χ3v) is 7.79. The van der Waals surface area contributed by atoms with Crippen molar-refractivity contribution in [3.63, 3.8) is 0 Å². The fourth-order valence-corrected chi connectivity index (χ4v) is 5.27. The zero-order valence-electron chi connectivity index (χ0n) is 16.8. The minimum atomic E-state index is -3.58. The van der Waals surface area contributed by atoms with Crippen LogP contribution in [0.15, 0.2) is 46.7 Å². The van der Waals surface area contributed by atoms with Gasteiger partial charge in [-0.3, -0.25) is 20.4 Å². The maximum Gasteiger partial charge on any atom is 0.269 e. The Labute approximate surface area is 180 Å². The van der Waals surface area contributed by atoms with Crippen LogP contribution in [0.1, 0.15) is 28.1 Å². The first-order valence-electron chi connectivity index (χ1n) is 9.76. The van der Waals surface area contributed by atoms with Crippen LogP contribution < -0.4 is 10.9 Å². The van der Waals surface area contributed by atoms with Crippen LogP contribution in [0.2, 0.25) is 0 Å². The molecule has 1 aromatic carbocycles. The van der Waals surface area contributed by atoms with Gasteiger partial charge in [-0.1, -0.05) is 6.07 Å². The minimum absolute atomic E-state index is 0.154. The van der Waals surface area contributed by atoms with Crippen molar-refractivity contribution in [2.75, 3.05) is 33.2 Å². The SMILES string of the molecule is CN1CCN(S(=O)(=O)c2ccc(C(=O)NNC(=O)CCCc3cccs3)cc2)CC1. The number of aryl methyl sites for hydroxylation is 1. The minimum Gasteiger partial charge on any atom is -0.304 e. The summed E-state index contributed by atoms with van der Waals surface area (Å²) in [6.45, 7) is 2.26. The maximum atomic E-state index is 12.7. The van der Waals surface area contributed by atoms with E-state index >= 15 is 0 Å². The van der Waals surface area contributed by atoms with Crippen LogP contribution in [0.3, 0.4) is 0 Å². The smallest absolute Gasteiger partial charge is 0.269 e. The molecule has 2 amide bonds. The van der Waals surface area contributed by atoms with E-state index in [2.05, 4.69) is 15.8 Å². The summed E-state index contributed by atoms with van der Waals surface area (Å²) in [5.41, 5.74) is 5.03. The van der Waals surface area contributed by atoms with Crippen molar-refractivity contribution < 1.29 is 18.0 Å². The Hall–Kier alpha value is -2.27. The average molecular weight is 451 g/mol. The van der Waals surface area contributed by atoms with Gasteiger partial charge in [-0.15, -0.1) is 11.3 Å². The molecule has 0 unspecified atom stereocenters. The molecule has 1 fully saturated rings. The number of benzene rings is 1. The highest BCUT2D eigenvalue weighted by atomic mass is 32.2. The van der Waals surface area contributed by atoms with Gasteiger partial charge in [-0.25, -0.2) is 8.42 Å². The van der Waals surface area contributed by atoms with Crippen LogP contribution in [0.4, 0.5) is 0 Å². The molecule has 162 valence electrons. The lowest BCUT2D eigenvalue weighted by atomic mass is 10.2. The number of hydrazine groups is 1. The second-order valence-electron chi connectivity index (χ2n) is 7.17. The second-order valence-corrected chi connectivity index (χ2v) is 10.1. The van der Waals surface area contributed by atoms with Crippen LogP contribution in [-0.2, 0) is 21.2 Å². The Bertz CT molecular complexity index is 951. The van der Waals surface area contributed by atoms with E-state index in [0.717, 1.165) is 6.42 Å². The second kappa shape index (κ2) is 10.2. The van der Waals surface area contributed by atoms with Gasteiger partial charge in [0.2, 0.25) is 15.9 Å². The first kappa shape index (κ1) is 22.4. The molecular formula is C20H26N4O4S2. The Morgan fingerprint density at radius 1 is 1.03 bits per heavy atom. The molecule has 0 saturated carbocycles. The third-order valence-electron chi connectivity index (χ3n) is 4.94. The van der Waals surface area contributed by atoms with Gasteiger partial charge < -0.3 is 4.90 Å². The predicted molar refractivity (Wildman–Crippen MR) is 116 cm³/mol. The van der Waals surface area contributed by atoms with Crippen LogP contribution in [0.5, 0.6) is 0 Å². The highest BCUT2D eigenvalue weighted by Crippen LogP contribution is 2.18. The molecule has 8 nitrogen and oxygen atoms in total. The zero-order valence-corrected chi connectivity index (χ0v) is 18.5. The largest absolute Gasteiger partial charge is 0.304 e. The fraction of sp³-hybridized carbons (Fsp3) is 0.400. The summed E-state index contributed by atoms with van der Waals surface area (Å²) >= 11 is 1.65. The number of carbonyl (C=O) groups excluding carboxylic acids is 2. The fourth-order valence-electron chi connectivity index (χ4n) is 3.09. The van der Waals surface area contributed by atoms with E-state index in [0.29, 0.717) is 39.0 Å². The zero-order chi connectivity index (χ0) is 21.6. The summed E-state index contributed by atoms with van der Waals surface area (Å²) < 4.78 is 26.9. The molecule has 1 saturated heterocycles. The molecule has 0 atom stereocenters. The third kappa shape index (κ3) is 5.88. The molecule has 2 heterocycles. The van der Waals surface area contributed by atoms with E-state index in [1.165, 1.54) is 33.4 Å². The predicted octanol–water partition coefficient (Wildman–Crippen LogP) is 1.47. The number of rotatable bonds is 7. The van der Waals surface area contributed by atoms with Gasteiger partial charge in [0.05, 0.1) is 4.90 Å². The Balaban J connectivity index is 1.48. The molecule has 3 rings (SSSR count). The van der Waals surface area contributed by atoms with Crippen molar-refractivity contribution in [1.82, 2.24) is 20.1 Å². The molecule has 0 bridgehead atoms. The summed E-state index contributed by atoms with van der Waals surface area (Å²) in [5, 5.41) is 2.00. The quantitative estimate of drug-likeness (QED) is 0.623. The number of nitrogens with zero attached hydrogens (tertiary/aromatic N) is 2. The topological polar surface area (TPSA) is 98.8 Å². The number of piperazine rings is 1. The summed E-state index contributed by atoms with van der Waals surface area (Å²) in [7, 11) is -1.62. The van der Waals surface area contributed by atoms with Gasteiger partial charge in [0.15, 0.2) is 0 Å². The number of thiophene rings is 1. The van der Waals surface area contributed by atoms with Crippen LogP contribution >= 0.6 is 11.3 Å². The lowest BCUT2D eigenvalue weighted by molar-refractivity contribution is -0.121. The normalized spacial score (nSPS) is 15.6. The molecule has 0 radical (unpaired) electrons. The molecule has 10 heteroatoms. The number of amides is 2. The summed E-state index contributed by atoms with van der Waals surface area (Å²) in [6, 6.07) is 9.74. The lowest BCUT2D eigenvalue weighted by Crippen LogP contribution is -2.47. The van der Waals surface area contributed by atoms with E-state index in [-0.39, 0.29) is 16.4 Å². The molecule has 0 aliphatic carbocycles. The molecular weight excluding hydrogens is 424 g/mol. The molecule has 30 heavy (non-hydrogen) atoms. The molecule has 1 aliphatic heterocycles. The van der Waals surface area contributed by atoms with E-state index in [1.54, 1.807) is 11.3 Å².